The summed E-state index contributed by atoms with van der Waals surface area (Å²) in [4.78, 5) is 0. The molecule has 0 heterocycles. The maximum absolute atomic E-state index is 11.8. The molecular weight excluding hydrogens is 318 g/mol. The lowest BCUT2D eigenvalue weighted by Gasteiger charge is -2.37. The molecule has 2 N–H and O–H groups in total. The summed E-state index contributed by atoms with van der Waals surface area (Å²) in [5.74, 6) is 0. The van der Waals surface area contributed by atoms with E-state index in [0.717, 1.165) is 17.5 Å². The largest absolute Gasteiger partial charge is 0.388 e. The standard InChI is InChI=1S/C24H27NO/c1-25-23(17-20-11-5-2-6-12-20)24(26,18-21-13-7-3-8-14-21)19-22-15-9-4-10-16-22/h2-16,23,25-26H,17-19H2,1H3. The third-order valence-electron chi connectivity index (χ3n) is 4.99. The smallest absolute Gasteiger partial charge is 0.0883 e. The van der Waals surface area contributed by atoms with Crippen molar-refractivity contribution in [1.82, 2.24) is 5.32 Å². The van der Waals surface area contributed by atoms with Crippen LogP contribution < -0.4 is 5.32 Å². The van der Waals surface area contributed by atoms with Crippen LogP contribution in [0.2, 0.25) is 0 Å². The fraction of sp³-hybridized carbons (Fsp3) is 0.250. The van der Waals surface area contributed by atoms with Crippen molar-refractivity contribution in [2.24, 2.45) is 0 Å². The maximum atomic E-state index is 11.8. The van der Waals surface area contributed by atoms with Crippen molar-refractivity contribution in [3.63, 3.8) is 0 Å². The number of benzene rings is 3. The summed E-state index contributed by atoms with van der Waals surface area (Å²) in [5, 5.41) is 15.2. The third kappa shape index (κ3) is 4.81. The molecule has 1 atom stereocenters. The Bertz CT molecular complexity index is 730. The van der Waals surface area contributed by atoms with Gasteiger partial charge in [0.15, 0.2) is 0 Å². The van der Waals surface area contributed by atoms with Crippen molar-refractivity contribution in [2.75, 3.05) is 7.05 Å². The summed E-state index contributed by atoms with van der Waals surface area (Å²) >= 11 is 0. The van der Waals surface area contributed by atoms with Crippen LogP contribution in [0.15, 0.2) is 91.0 Å². The minimum atomic E-state index is -0.882. The van der Waals surface area contributed by atoms with Crippen molar-refractivity contribution in [1.29, 1.82) is 0 Å². The van der Waals surface area contributed by atoms with Gasteiger partial charge in [0.2, 0.25) is 0 Å². The van der Waals surface area contributed by atoms with E-state index in [4.69, 9.17) is 0 Å². The summed E-state index contributed by atoms with van der Waals surface area (Å²) in [6.07, 6.45) is 2.01. The molecule has 3 aromatic carbocycles. The Morgan fingerprint density at radius 2 is 1.08 bits per heavy atom. The molecule has 0 amide bonds. The molecule has 0 saturated carbocycles. The van der Waals surface area contributed by atoms with E-state index in [1.54, 1.807) is 0 Å². The summed E-state index contributed by atoms with van der Waals surface area (Å²) in [6, 6.07) is 30.8. The van der Waals surface area contributed by atoms with Crippen LogP contribution in [0.3, 0.4) is 0 Å². The van der Waals surface area contributed by atoms with Gasteiger partial charge in [-0.3, -0.25) is 0 Å². The van der Waals surface area contributed by atoms with Crippen molar-refractivity contribution in [3.8, 4) is 0 Å². The fourth-order valence-electron chi connectivity index (χ4n) is 3.62. The Balaban J connectivity index is 1.89. The van der Waals surface area contributed by atoms with Crippen LogP contribution in [-0.4, -0.2) is 23.8 Å². The summed E-state index contributed by atoms with van der Waals surface area (Å²) in [7, 11) is 1.94. The van der Waals surface area contributed by atoms with E-state index >= 15 is 0 Å². The minimum absolute atomic E-state index is 0.0506. The van der Waals surface area contributed by atoms with Crippen molar-refractivity contribution < 1.29 is 5.11 Å². The van der Waals surface area contributed by atoms with E-state index in [9.17, 15) is 5.11 Å². The highest BCUT2D eigenvalue weighted by molar-refractivity contribution is 5.25. The zero-order valence-corrected chi connectivity index (χ0v) is 15.3. The van der Waals surface area contributed by atoms with Gasteiger partial charge in [-0.25, -0.2) is 0 Å². The van der Waals surface area contributed by atoms with E-state index in [1.165, 1.54) is 5.56 Å². The lowest BCUT2D eigenvalue weighted by atomic mass is 9.79. The Kier molecular flexibility index (Phi) is 6.21. The topological polar surface area (TPSA) is 32.3 Å². The molecule has 26 heavy (non-hydrogen) atoms. The molecule has 0 bridgehead atoms. The molecule has 0 radical (unpaired) electrons. The third-order valence-corrected chi connectivity index (χ3v) is 4.99. The van der Waals surface area contributed by atoms with Gasteiger partial charge in [-0.2, -0.15) is 0 Å². The number of aliphatic hydroxyl groups is 1. The Morgan fingerprint density at radius 1 is 0.692 bits per heavy atom. The number of hydrogen-bond donors (Lipinski definition) is 2. The molecule has 0 saturated heterocycles. The van der Waals surface area contributed by atoms with Gasteiger partial charge in [-0.15, -0.1) is 0 Å². The fourth-order valence-corrected chi connectivity index (χ4v) is 3.62. The van der Waals surface area contributed by atoms with E-state index in [1.807, 2.05) is 49.5 Å². The van der Waals surface area contributed by atoms with E-state index in [0.29, 0.717) is 12.8 Å². The van der Waals surface area contributed by atoms with Crippen LogP contribution in [0.1, 0.15) is 16.7 Å². The average Bonchev–Trinajstić information content (AvgIpc) is 2.68. The summed E-state index contributed by atoms with van der Waals surface area (Å²) in [5.41, 5.74) is 2.65. The van der Waals surface area contributed by atoms with Gasteiger partial charge < -0.3 is 10.4 Å². The normalized spacial score (nSPS) is 12.7. The lowest BCUT2D eigenvalue weighted by Crippen LogP contribution is -2.54. The molecule has 2 heteroatoms. The van der Waals surface area contributed by atoms with Crippen molar-refractivity contribution >= 4 is 0 Å². The first kappa shape index (κ1) is 18.4. The second kappa shape index (κ2) is 8.79. The quantitative estimate of drug-likeness (QED) is 0.646. The number of hydrogen-bond acceptors (Lipinski definition) is 2. The summed E-state index contributed by atoms with van der Waals surface area (Å²) in [6.45, 7) is 0. The average molecular weight is 345 g/mol. The lowest BCUT2D eigenvalue weighted by molar-refractivity contribution is 0.00412. The van der Waals surface area contributed by atoms with Crippen LogP contribution in [0.25, 0.3) is 0 Å². The molecule has 1 unspecified atom stereocenters. The van der Waals surface area contributed by atoms with Gasteiger partial charge in [0.05, 0.1) is 5.60 Å². The molecule has 2 nitrogen and oxygen atoms in total. The molecule has 134 valence electrons. The predicted molar refractivity (Wildman–Crippen MR) is 108 cm³/mol. The Morgan fingerprint density at radius 3 is 1.46 bits per heavy atom. The molecule has 0 aliphatic heterocycles. The molecule has 0 aromatic heterocycles. The van der Waals surface area contributed by atoms with Crippen LogP contribution in [-0.2, 0) is 19.3 Å². The molecule has 0 fully saturated rings. The van der Waals surface area contributed by atoms with Crippen LogP contribution in [0.4, 0.5) is 0 Å². The molecular formula is C24H27NO. The van der Waals surface area contributed by atoms with E-state index < -0.39 is 5.60 Å². The Labute approximate surface area is 156 Å². The predicted octanol–water partition coefficient (Wildman–Crippen LogP) is 4.03. The molecule has 3 rings (SSSR count). The minimum Gasteiger partial charge on any atom is -0.388 e. The highest BCUT2D eigenvalue weighted by Gasteiger charge is 2.36. The zero-order chi connectivity index (χ0) is 18.2. The van der Waals surface area contributed by atoms with Gasteiger partial charge >= 0.3 is 0 Å². The molecule has 0 aliphatic rings. The number of rotatable bonds is 8. The van der Waals surface area contributed by atoms with Crippen LogP contribution >= 0.6 is 0 Å². The van der Waals surface area contributed by atoms with Crippen molar-refractivity contribution in [3.05, 3.63) is 108 Å². The Hall–Kier alpha value is -2.42. The van der Waals surface area contributed by atoms with Gasteiger partial charge in [-0.1, -0.05) is 91.0 Å². The highest BCUT2D eigenvalue weighted by atomic mass is 16.3. The molecule has 3 aromatic rings. The number of nitrogens with one attached hydrogen (secondary N) is 1. The molecule has 0 aliphatic carbocycles. The first-order chi connectivity index (χ1) is 12.7. The van der Waals surface area contributed by atoms with Gasteiger partial charge in [-0.05, 0) is 30.2 Å². The van der Waals surface area contributed by atoms with Gasteiger partial charge in [0.1, 0.15) is 0 Å². The van der Waals surface area contributed by atoms with E-state index in [2.05, 4.69) is 53.8 Å². The van der Waals surface area contributed by atoms with Gasteiger partial charge in [0, 0.05) is 18.9 Å². The summed E-state index contributed by atoms with van der Waals surface area (Å²) < 4.78 is 0. The van der Waals surface area contributed by atoms with Crippen LogP contribution in [0.5, 0.6) is 0 Å². The van der Waals surface area contributed by atoms with E-state index in [-0.39, 0.29) is 6.04 Å². The molecule has 0 spiro atoms. The monoisotopic (exact) mass is 345 g/mol. The SMILES string of the molecule is CNC(Cc1ccccc1)C(O)(Cc1ccccc1)Cc1ccccc1. The zero-order valence-electron chi connectivity index (χ0n) is 15.3. The second-order valence-corrected chi connectivity index (χ2v) is 6.96. The van der Waals surface area contributed by atoms with Crippen molar-refractivity contribution in [2.45, 2.75) is 30.9 Å². The number of likely N-dealkylation sites (N-methyl/N-ethyl adjacent to an activating group) is 1. The van der Waals surface area contributed by atoms with Crippen LogP contribution in [0, 0.1) is 0 Å². The first-order valence-corrected chi connectivity index (χ1v) is 9.21. The highest BCUT2D eigenvalue weighted by Crippen LogP contribution is 2.25. The first-order valence-electron chi connectivity index (χ1n) is 9.21. The second-order valence-electron chi connectivity index (χ2n) is 6.96. The van der Waals surface area contributed by atoms with Gasteiger partial charge in [0.25, 0.3) is 0 Å². The maximum Gasteiger partial charge on any atom is 0.0883 e.